The number of fused-ring (bicyclic) bond motifs is 1. The Hall–Kier alpha value is -3.98. The summed E-state index contributed by atoms with van der Waals surface area (Å²) in [4.78, 5) is 16.8. The van der Waals surface area contributed by atoms with Crippen LogP contribution in [0.3, 0.4) is 0 Å². The third-order valence-electron chi connectivity index (χ3n) is 6.00. The molecule has 4 aromatic rings. The van der Waals surface area contributed by atoms with Crippen LogP contribution in [0, 0.1) is 5.82 Å². The minimum atomic E-state index is -3.83. The Labute approximate surface area is 202 Å². The molecule has 1 aliphatic heterocycles. The first-order valence-corrected chi connectivity index (χ1v) is 12.6. The summed E-state index contributed by atoms with van der Waals surface area (Å²) in [5, 5.41) is 2.74. The topological polar surface area (TPSA) is 84.3 Å². The second kappa shape index (κ2) is 9.34. The third kappa shape index (κ3) is 4.54. The lowest BCUT2D eigenvalue weighted by Gasteiger charge is -2.30. The molecule has 178 valence electrons. The first kappa shape index (κ1) is 22.8. The van der Waals surface area contributed by atoms with Gasteiger partial charge in [0.15, 0.2) is 0 Å². The summed E-state index contributed by atoms with van der Waals surface area (Å²) in [6, 6.07) is 18.1. The van der Waals surface area contributed by atoms with E-state index in [0.717, 1.165) is 18.4 Å². The molecule has 1 amide bonds. The van der Waals surface area contributed by atoms with Gasteiger partial charge in [0.05, 0.1) is 22.6 Å². The van der Waals surface area contributed by atoms with E-state index >= 15 is 0 Å². The number of rotatable bonds is 6. The van der Waals surface area contributed by atoms with Crippen LogP contribution in [-0.4, -0.2) is 30.4 Å². The van der Waals surface area contributed by atoms with Crippen LogP contribution in [0.2, 0.25) is 0 Å². The maximum Gasteiger partial charge on any atom is 0.264 e. The second-order valence-electron chi connectivity index (χ2n) is 8.28. The smallest absolute Gasteiger partial charge is 0.264 e. The van der Waals surface area contributed by atoms with Crippen molar-refractivity contribution in [2.75, 3.05) is 10.8 Å². The number of anilines is 1. The molecule has 7 nitrogen and oxygen atoms in total. The van der Waals surface area contributed by atoms with Gasteiger partial charge in [-0.3, -0.25) is 9.10 Å². The summed E-state index contributed by atoms with van der Waals surface area (Å²) in [5.41, 5.74) is 2.81. The number of aromatic nitrogens is 2. The zero-order valence-electron chi connectivity index (χ0n) is 18.8. The molecule has 0 saturated heterocycles. The maximum atomic E-state index is 14.5. The van der Waals surface area contributed by atoms with Crippen molar-refractivity contribution in [1.29, 1.82) is 0 Å². The van der Waals surface area contributed by atoms with Crippen molar-refractivity contribution in [3.63, 3.8) is 0 Å². The van der Waals surface area contributed by atoms with E-state index in [1.54, 1.807) is 47.3 Å². The van der Waals surface area contributed by atoms with Gasteiger partial charge in [-0.2, -0.15) is 0 Å². The Bertz CT molecular complexity index is 1490. The van der Waals surface area contributed by atoms with Gasteiger partial charge in [0, 0.05) is 31.0 Å². The van der Waals surface area contributed by atoms with E-state index in [9.17, 15) is 17.6 Å². The Morgan fingerprint density at radius 1 is 1.03 bits per heavy atom. The highest BCUT2D eigenvalue weighted by Crippen LogP contribution is 2.32. The SMILES string of the molecule is O=C(NCc1ccc(-n2ccnc2)c(F)c1)c1cccc(S(=O)(=O)N2CCCc3ccccc32)c1. The highest BCUT2D eigenvalue weighted by molar-refractivity contribution is 7.92. The van der Waals surface area contributed by atoms with Gasteiger partial charge in [0.1, 0.15) is 5.82 Å². The van der Waals surface area contributed by atoms with Crippen LogP contribution in [0.5, 0.6) is 0 Å². The van der Waals surface area contributed by atoms with Gasteiger partial charge in [0.2, 0.25) is 0 Å². The number of imidazole rings is 1. The Morgan fingerprint density at radius 2 is 1.89 bits per heavy atom. The van der Waals surface area contributed by atoms with Crippen molar-refractivity contribution in [2.45, 2.75) is 24.3 Å². The lowest BCUT2D eigenvalue weighted by molar-refractivity contribution is 0.0950. The molecule has 35 heavy (non-hydrogen) atoms. The van der Waals surface area contributed by atoms with Gasteiger partial charge >= 0.3 is 0 Å². The number of halogens is 1. The van der Waals surface area contributed by atoms with E-state index < -0.39 is 21.7 Å². The molecular formula is C26H23FN4O3S. The minimum absolute atomic E-state index is 0.0533. The number of carbonyl (C=O) groups is 1. The Morgan fingerprint density at radius 3 is 2.69 bits per heavy atom. The number of sulfonamides is 1. The zero-order chi connectivity index (χ0) is 24.4. The number of nitrogens with one attached hydrogen (secondary N) is 1. The lowest BCUT2D eigenvalue weighted by Crippen LogP contribution is -2.35. The first-order valence-electron chi connectivity index (χ1n) is 11.2. The van der Waals surface area contributed by atoms with Crippen LogP contribution in [0.25, 0.3) is 5.69 Å². The lowest BCUT2D eigenvalue weighted by atomic mass is 10.0. The molecule has 1 aliphatic rings. The largest absolute Gasteiger partial charge is 0.348 e. The number of hydrogen-bond acceptors (Lipinski definition) is 4. The average molecular weight is 491 g/mol. The van der Waals surface area contributed by atoms with Crippen LogP contribution < -0.4 is 9.62 Å². The predicted octanol–water partition coefficient (Wildman–Crippen LogP) is 4.08. The van der Waals surface area contributed by atoms with Crippen LogP contribution in [0.15, 0.2) is 90.3 Å². The van der Waals surface area contributed by atoms with Crippen LogP contribution in [0.1, 0.15) is 27.9 Å². The molecule has 0 bridgehead atoms. The normalized spacial score (nSPS) is 13.3. The molecule has 1 aromatic heterocycles. The molecule has 1 N–H and O–H groups in total. The van der Waals surface area contributed by atoms with Crippen LogP contribution >= 0.6 is 0 Å². The van der Waals surface area contributed by atoms with Crippen molar-refractivity contribution in [2.24, 2.45) is 0 Å². The van der Waals surface area contributed by atoms with Crippen LogP contribution in [0.4, 0.5) is 10.1 Å². The molecule has 0 atom stereocenters. The number of benzene rings is 3. The molecule has 3 aromatic carbocycles. The quantitative estimate of drug-likeness (QED) is 0.441. The number of amides is 1. The predicted molar refractivity (Wildman–Crippen MR) is 130 cm³/mol. The Balaban J connectivity index is 1.32. The highest BCUT2D eigenvalue weighted by atomic mass is 32.2. The molecule has 5 rings (SSSR count). The third-order valence-corrected chi connectivity index (χ3v) is 7.81. The van der Waals surface area contributed by atoms with Gasteiger partial charge in [0.25, 0.3) is 15.9 Å². The summed E-state index contributed by atoms with van der Waals surface area (Å²) in [6.45, 7) is 0.479. The van der Waals surface area contributed by atoms with Gasteiger partial charge in [-0.25, -0.2) is 17.8 Å². The average Bonchev–Trinajstić information content (AvgIpc) is 3.42. The number of aryl methyl sites for hydroxylation is 1. The van der Waals surface area contributed by atoms with Gasteiger partial charge in [-0.05, 0) is 60.4 Å². The van der Waals surface area contributed by atoms with Crippen molar-refractivity contribution in [3.8, 4) is 5.69 Å². The van der Waals surface area contributed by atoms with E-state index in [1.807, 2.05) is 18.2 Å². The molecular weight excluding hydrogens is 467 g/mol. The highest BCUT2D eigenvalue weighted by Gasteiger charge is 2.29. The summed E-state index contributed by atoms with van der Waals surface area (Å²) < 4.78 is 44.3. The van der Waals surface area contributed by atoms with E-state index in [2.05, 4.69) is 10.3 Å². The van der Waals surface area contributed by atoms with Crippen LogP contribution in [-0.2, 0) is 23.0 Å². The van der Waals surface area contributed by atoms with E-state index in [1.165, 1.54) is 28.8 Å². The van der Waals surface area contributed by atoms with Crippen molar-refractivity contribution < 1.29 is 17.6 Å². The molecule has 0 saturated carbocycles. The fourth-order valence-corrected chi connectivity index (χ4v) is 5.82. The van der Waals surface area contributed by atoms with Gasteiger partial charge in [-0.1, -0.05) is 30.3 Å². The summed E-state index contributed by atoms with van der Waals surface area (Å²) >= 11 is 0. The fourth-order valence-electron chi connectivity index (χ4n) is 4.23. The minimum Gasteiger partial charge on any atom is -0.348 e. The van der Waals surface area contributed by atoms with Crippen molar-refractivity contribution in [1.82, 2.24) is 14.9 Å². The van der Waals surface area contributed by atoms with Crippen molar-refractivity contribution >= 4 is 21.6 Å². The summed E-state index contributed by atoms with van der Waals surface area (Å²) in [5.74, 6) is -0.884. The molecule has 0 radical (unpaired) electrons. The monoisotopic (exact) mass is 490 g/mol. The fraction of sp³-hybridized carbons (Fsp3) is 0.154. The molecule has 0 spiro atoms. The molecule has 0 aliphatic carbocycles. The standard InChI is InChI=1S/C26H23FN4O3S/c27-23-15-19(10-11-25(23)30-14-12-28-18-30)17-29-26(32)21-6-3-8-22(16-21)35(33,34)31-13-4-7-20-5-1-2-9-24(20)31/h1-3,5-6,8-12,14-16,18H,4,7,13,17H2,(H,29,32). The second-order valence-corrected chi connectivity index (χ2v) is 10.1. The Kier molecular flexibility index (Phi) is 6.08. The van der Waals surface area contributed by atoms with Gasteiger partial charge in [-0.15, -0.1) is 0 Å². The van der Waals surface area contributed by atoms with Gasteiger partial charge < -0.3 is 9.88 Å². The maximum absolute atomic E-state index is 14.5. The molecule has 0 fully saturated rings. The van der Waals surface area contributed by atoms with E-state index in [-0.39, 0.29) is 17.0 Å². The number of hydrogen-bond donors (Lipinski definition) is 1. The summed E-state index contributed by atoms with van der Waals surface area (Å²) in [7, 11) is -3.83. The number of nitrogens with zero attached hydrogens (tertiary/aromatic N) is 3. The first-order chi connectivity index (χ1) is 16.9. The van der Waals surface area contributed by atoms with E-state index in [0.29, 0.717) is 23.5 Å². The molecule has 2 heterocycles. The summed E-state index contributed by atoms with van der Waals surface area (Å²) in [6.07, 6.45) is 6.26. The molecule has 9 heteroatoms. The van der Waals surface area contributed by atoms with E-state index in [4.69, 9.17) is 0 Å². The number of carbonyl (C=O) groups excluding carboxylic acids is 1. The zero-order valence-corrected chi connectivity index (χ0v) is 19.6. The molecule has 0 unspecified atom stereocenters. The van der Waals surface area contributed by atoms with Crippen molar-refractivity contribution in [3.05, 3.63) is 108 Å². The number of para-hydroxylation sites is 1.